The summed E-state index contributed by atoms with van der Waals surface area (Å²) in [7, 11) is 1.67. The number of nitriles is 1. The van der Waals surface area contributed by atoms with Crippen molar-refractivity contribution < 1.29 is 4.74 Å². The van der Waals surface area contributed by atoms with Crippen LogP contribution in [0.25, 0.3) is 10.9 Å². The molecule has 0 spiro atoms. The smallest absolute Gasteiger partial charge is 0.123 e. The molecule has 148 valence electrons. The van der Waals surface area contributed by atoms with E-state index < -0.39 is 0 Å². The minimum atomic E-state index is 0.588. The summed E-state index contributed by atoms with van der Waals surface area (Å²) in [5.41, 5.74) is 8.18. The molecule has 0 radical (unpaired) electrons. The van der Waals surface area contributed by atoms with E-state index in [9.17, 15) is 0 Å². The van der Waals surface area contributed by atoms with Crippen LogP contribution in [0.4, 0.5) is 0 Å². The molecule has 0 unspecified atom stereocenters. The Morgan fingerprint density at radius 2 is 1.80 bits per heavy atom. The molecule has 3 aromatic carbocycles. The van der Waals surface area contributed by atoms with Crippen molar-refractivity contribution in [3.63, 3.8) is 0 Å². The van der Waals surface area contributed by atoms with E-state index in [0.717, 1.165) is 39.9 Å². The molecule has 5 nitrogen and oxygen atoms in total. The van der Waals surface area contributed by atoms with Crippen molar-refractivity contribution in [3.8, 4) is 11.8 Å². The Kier molecular flexibility index (Phi) is 5.77. The maximum atomic E-state index is 8.99. The zero-order valence-corrected chi connectivity index (χ0v) is 16.7. The first-order chi connectivity index (χ1) is 14.8. The van der Waals surface area contributed by atoms with Crippen LogP contribution in [0, 0.1) is 11.3 Å². The molecule has 1 N–H and O–H groups in total. The van der Waals surface area contributed by atoms with E-state index in [2.05, 4.69) is 39.5 Å². The maximum Gasteiger partial charge on any atom is 0.123 e. The number of nitrogens with one attached hydrogen (secondary N) is 1. The third-order valence-electron chi connectivity index (χ3n) is 5.01. The van der Waals surface area contributed by atoms with Crippen LogP contribution < -0.4 is 10.2 Å². The number of para-hydroxylation sites is 2. The quantitative estimate of drug-likeness (QED) is 0.365. The molecule has 0 aliphatic rings. The second-order valence-corrected chi connectivity index (χ2v) is 6.94. The van der Waals surface area contributed by atoms with Crippen LogP contribution in [-0.2, 0) is 13.1 Å². The highest BCUT2D eigenvalue weighted by Crippen LogP contribution is 2.21. The van der Waals surface area contributed by atoms with Crippen LogP contribution in [-0.4, -0.2) is 17.9 Å². The Morgan fingerprint density at radius 3 is 2.60 bits per heavy atom. The Balaban J connectivity index is 1.52. The summed E-state index contributed by atoms with van der Waals surface area (Å²) in [4.78, 5) is 0. The Bertz CT molecular complexity index is 1220. The normalized spacial score (nSPS) is 10.9. The summed E-state index contributed by atoms with van der Waals surface area (Å²) in [6.45, 7) is 1.32. The number of benzene rings is 3. The largest absolute Gasteiger partial charge is 0.496 e. The molecule has 4 rings (SSSR count). The van der Waals surface area contributed by atoms with Crippen molar-refractivity contribution in [2.24, 2.45) is 5.10 Å². The number of hydrogen-bond donors (Lipinski definition) is 1. The van der Waals surface area contributed by atoms with Crippen molar-refractivity contribution in [3.05, 3.63) is 101 Å². The van der Waals surface area contributed by atoms with Crippen LogP contribution >= 0.6 is 0 Å². The highest BCUT2D eigenvalue weighted by atomic mass is 16.5. The summed E-state index contributed by atoms with van der Waals surface area (Å²) in [6.07, 6.45) is 3.96. The van der Waals surface area contributed by atoms with Gasteiger partial charge in [-0.05, 0) is 29.8 Å². The fourth-order valence-electron chi connectivity index (χ4n) is 3.49. The second kappa shape index (κ2) is 8.97. The molecule has 0 amide bonds. The molecule has 0 bridgehead atoms. The van der Waals surface area contributed by atoms with Gasteiger partial charge in [-0.25, -0.2) is 0 Å². The molecule has 4 aromatic rings. The molecular formula is C25H22N4O. The minimum Gasteiger partial charge on any atom is -0.496 e. The topological polar surface area (TPSA) is 62.3 Å². The number of nitrogens with zero attached hydrogens (tertiary/aromatic N) is 3. The number of fused-ring (bicyclic) bond motifs is 1. The first-order valence-corrected chi connectivity index (χ1v) is 9.73. The Hall–Kier alpha value is -4.04. The monoisotopic (exact) mass is 394 g/mol. The van der Waals surface area contributed by atoms with E-state index in [1.807, 2.05) is 66.9 Å². The van der Waals surface area contributed by atoms with Gasteiger partial charge in [-0.1, -0.05) is 48.5 Å². The summed E-state index contributed by atoms with van der Waals surface area (Å²) in [6, 6.07) is 26.0. The van der Waals surface area contributed by atoms with Crippen molar-refractivity contribution in [2.75, 3.05) is 7.11 Å². The van der Waals surface area contributed by atoms with Crippen molar-refractivity contribution in [1.82, 2.24) is 9.99 Å². The van der Waals surface area contributed by atoms with Crippen LogP contribution in [0.3, 0.4) is 0 Å². The fraction of sp³-hybridized carbons (Fsp3) is 0.120. The van der Waals surface area contributed by atoms with Crippen LogP contribution in [0.2, 0.25) is 0 Å². The molecule has 30 heavy (non-hydrogen) atoms. The highest BCUT2D eigenvalue weighted by Gasteiger charge is 2.07. The zero-order valence-electron chi connectivity index (χ0n) is 16.7. The van der Waals surface area contributed by atoms with E-state index >= 15 is 0 Å². The first kappa shape index (κ1) is 19.3. The predicted octanol–water partition coefficient (Wildman–Crippen LogP) is 4.69. The summed E-state index contributed by atoms with van der Waals surface area (Å²) in [5.74, 6) is 0.846. The summed E-state index contributed by atoms with van der Waals surface area (Å²) in [5, 5.41) is 14.6. The number of hydrogen-bond acceptors (Lipinski definition) is 4. The number of methoxy groups -OCH3 is 1. The molecule has 0 saturated heterocycles. The third-order valence-corrected chi connectivity index (χ3v) is 5.01. The Morgan fingerprint density at radius 1 is 1.03 bits per heavy atom. The van der Waals surface area contributed by atoms with Gasteiger partial charge in [0.05, 0.1) is 31.5 Å². The summed E-state index contributed by atoms with van der Waals surface area (Å²) < 4.78 is 7.59. The van der Waals surface area contributed by atoms with E-state index in [4.69, 9.17) is 10.00 Å². The molecule has 0 atom stereocenters. The number of rotatable bonds is 7. The van der Waals surface area contributed by atoms with Gasteiger partial charge < -0.3 is 14.7 Å². The average Bonchev–Trinajstić information content (AvgIpc) is 3.15. The maximum absolute atomic E-state index is 8.99. The van der Waals surface area contributed by atoms with Crippen LogP contribution in [0.1, 0.15) is 22.3 Å². The lowest BCUT2D eigenvalue weighted by molar-refractivity contribution is 0.408. The predicted molar refractivity (Wildman–Crippen MR) is 120 cm³/mol. The lowest BCUT2D eigenvalue weighted by atomic mass is 10.1. The molecule has 1 aromatic heterocycles. The molecule has 0 saturated carbocycles. The molecule has 0 fully saturated rings. The highest BCUT2D eigenvalue weighted by molar-refractivity contribution is 5.99. The SMILES string of the molecule is COc1ccccc1CN/N=C/c1cn(Cc2ccc(C#N)cc2)c2ccccc12. The van der Waals surface area contributed by atoms with Gasteiger partial charge in [-0.3, -0.25) is 0 Å². The zero-order chi connectivity index (χ0) is 20.8. The van der Waals surface area contributed by atoms with Gasteiger partial charge in [0.1, 0.15) is 5.75 Å². The molecular weight excluding hydrogens is 372 g/mol. The van der Waals surface area contributed by atoms with Crippen molar-refractivity contribution >= 4 is 17.1 Å². The van der Waals surface area contributed by atoms with Crippen LogP contribution in [0.5, 0.6) is 5.75 Å². The van der Waals surface area contributed by atoms with Gasteiger partial charge in [-0.15, -0.1) is 0 Å². The summed E-state index contributed by atoms with van der Waals surface area (Å²) >= 11 is 0. The first-order valence-electron chi connectivity index (χ1n) is 9.73. The van der Waals surface area contributed by atoms with Crippen LogP contribution in [0.15, 0.2) is 84.1 Å². The van der Waals surface area contributed by atoms with Gasteiger partial charge >= 0.3 is 0 Å². The van der Waals surface area contributed by atoms with E-state index in [1.165, 1.54) is 0 Å². The number of hydrazone groups is 1. The van der Waals surface area contributed by atoms with E-state index in [1.54, 1.807) is 7.11 Å². The molecule has 1 heterocycles. The molecule has 0 aliphatic heterocycles. The van der Waals surface area contributed by atoms with Gasteiger partial charge in [-0.2, -0.15) is 10.4 Å². The minimum absolute atomic E-state index is 0.588. The lowest BCUT2D eigenvalue weighted by Gasteiger charge is -2.07. The average molecular weight is 394 g/mol. The van der Waals surface area contributed by atoms with Gasteiger partial charge in [0, 0.05) is 34.8 Å². The van der Waals surface area contributed by atoms with Gasteiger partial charge in [0.25, 0.3) is 0 Å². The van der Waals surface area contributed by atoms with Crippen molar-refractivity contribution in [2.45, 2.75) is 13.1 Å². The number of ether oxygens (including phenoxy) is 1. The molecule has 5 heteroatoms. The number of aromatic nitrogens is 1. The standard InChI is InChI=1S/C25H22N4O/c1-30-25-9-5-2-6-21(25)15-27-28-16-22-18-29(24-8-4-3-7-23(22)24)17-20-12-10-19(14-26)11-13-20/h2-13,16,18,27H,15,17H2,1H3/b28-16+. The van der Waals surface area contributed by atoms with E-state index in [-0.39, 0.29) is 0 Å². The van der Waals surface area contributed by atoms with Gasteiger partial charge in [0.2, 0.25) is 0 Å². The second-order valence-electron chi connectivity index (χ2n) is 6.94. The third kappa shape index (κ3) is 4.18. The van der Waals surface area contributed by atoms with Crippen molar-refractivity contribution in [1.29, 1.82) is 5.26 Å². The lowest BCUT2D eigenvalue weighted by Crippen LogP contribution is -2.06. The Labute approximate surface area is 175 Å². The fourth-order valence-corrected chi connectivity index (χ4v) is 3.49. The van der Waals surface area contributed by atoms with Gasteiger partial charge in [0.15, 0.2) is 0 Å². The molecule has 0 aliphatic carbocycles. The van der Waals surface area contributed by atoms with E-state index in [0.29, 0.717) is 12.1 Å².